The lowest BCUT2D eigenvalue weighted by molar-refractivity contribution is -0.389. The second-order valence-electron chi connectivity index (χ2n) is 2.73. The SMILES string of the molecule is COc1c(Br)ccc(C(F)(F)F)c1[N+](=O)[O-]. The van der Waals surface area contributed by atoms with E-state index in [1.165, 1.54) is 0 Å². The molecular formula is C8H5BrF3NO3. The number of rotatable bonds is 2. The number of halogens is 4. The molecule has 4 nitrogen and oxygen atoms in total. The van der Waals surface area contributed by atoms with Crippen LogP contribution in [0.5, 0.6) is 5.75 Å². The molecule has 0 aliphatic rings. The van der Waals surface area contributed by atoms with Gasteiger partial charge in [-0.25, -0.2) is 0 Å². The quantitative estimate of drug-likeness (QED) is 0.621. The summed E-state index contributed by atoms with van der Waals surface area (Å²) in [6.07, 6.45) is -4.80. The Kier molecular flexibility index (Phi) is 3.41. The van der Waals surface area contributed by atoms with Gasteiger partial charge in [-0.3, -0.25) is 10.1 Å². The summed E-state index contributed by atoms with van der Waals surface area (Å²) in [7, 11) is 1.06. The number of alkyl halides is 3. The highest BCUT2D eigenvalue weighted by Crippen LogP contribution is 2.44. The molecule has 0 amide bonds. The molecule has 1 aromatic carbocycles. The first-order valence-corrected chi connectivity index (χ1v) is 4.66. The Morgan fingerprint density at radius 2 is 2.00 bits per heavy atom. The highest BCUT2D eigenvalue weighted by Gasteiger charge is 2.41. The molecule has 0 saturated heterocycles. The first kappa shape index (κ1) is 12.8. The van der Waals surface area contributed by atoms with Gasteiger partial charge in [0.2, 0.25) is 5.75 Å². The first-order valence-electron chi connectivity index (χ1n) is 3.87. The van der Waals surface area contributed by atoms with Crippen molar-refractivity contribution in [2.75, 3.05) is 7.11 Å². The minimum absolute atomic E-state index is 0.0923. The van der Waals surface area contributed by atoms with Crippen molar-refractivity contribution in [2.45, 2.75) is 6.18 Å². The van der Waals surface area contributed by atoms with E-state index >= 15 is 0 Å². The predicted octanol–water partition coefficient (Wildman–Crippen LogP) is 3.38. The minimum Gasteiger partial charge on any atom is -0.489 e. The maximum absolute atomic E-state index is 12.5. The molecule has 0 aliphatic carbocycles. The van der Waals surface area contributed by atoms with Crippen LogP contribution in [0.1, 0.15) is 5.56 Å². The lowest BCUT2D eigenvalue weighted by Gasteiger charge is -2.10. The van der Waals surface area contributed by atoms with E-state index in [-0.39, 0.29) is 4.47 Å². The smallest absolute Gasteiger partial charge is 0.423 e. The van der Waals surface area contributed by atoms with E-state index in [9.17, 15) is 23.3 Å². The molecule has 1 rings (SSSR count). The van der Waals surface area contributed by atoms with E-state index in [4.69, 9.17) is 0 Å². The van der Waals surface area contributed by atoms with Crippen LogP contribution in [0.2, 0.25) is 0 Å². The van der Waals surface area contributed by atoms with Gasteiger partial charge in [-0.05, 0) is 28.1 Å². The summed E-state index contributed by atoms with van der Waals surface area (Å²) in [4.78, 5) is 9.49. The Labute approximate surface area is 96.3 Å². The summed E-state index contributed by atoms with van der Waals surface area (Å²) >= 11 is 2.88. The van der Waals surface area contributed by atoms with E-state index in [0.29, 0.717) is 6.07 Å². The topological polar surface area (TPSA) is 52.4 Å². The highest BCUT2D eigenvalue weighted by atomic mass is 79.9. The number of nitro groups is 1. The molecule has 0 bridgehead atoms. The summed E-state index contributed by atoms with van der Waals surface area (Å²) in [5, 5.41) is 10.6. The number of nitro benzene ring substituents is 1. The molecule has 16 heavy (non-hydrogen) atoms. The van der Waals surface area contributed by atoms with Crippen LogP contribution in [0.4, 0.5) is 18.9 Å². The second kappa shape index (κ2) is 4.28. The Morgan fingerprint density at radius 3 is 2.38 bits per heavy atom. The standard InChI is InChI=1S/C8H5BrF3NO3/c1-16-7-5(9)3-2-4(8(10,11)12)6(7)13(14)15/h2-3H,1H3. The third-order valence-corrected chi connectivity index (χ3v) is 2.40. The molecule has 0 heterocycles. The zero-order valence-electron chi connectivity index (χ0n) is 7.84. The van der Waals surface area contributed by atoms with Crippen LogP contribution in [0.25, 0.3) is 0 Å². The van der Waals surface area contributed by atoms with Crippen LogP contribution in [-0.4, -0.2) is 12.0 Å². The maximum Gasteiger partial charge on any atom is 0.423 e. The van der Waals surface area contributed by atoms with Gasteiger partial charge in [0.1, 0.15) is 5.56 Å². The van der Waals surface area contributed by atoms with Gasteiger partial charge in [0.25, 0.3) is 0 Å². The molecule has 8 heteroatoms. The summed E-state index contributed by atoms with van der Waals surface area (Å²) in [5.41, 5.74) is -2.43. The normalized spacial score (nSPS) is 11.3. The fraction of sp³-hybridized carbons (Fsp3) is 0.250. The Bertz CT molecular complexity index is 433. The zero-order valence-corrected chi connectivity index (χ0v) is 9.42. The van der Waals surface area contributed by atoms with Crippen LogP contribution in [0.15, 0.2) is 16.6 Å². The molecule has 1 aromatic rings. The molecule has 0 unspecified atom stereocenters. The Balaban J connectivity index is 3.58. The summed E-state index contributed by atoms with van der Waals surface area (Å²) in [6.45, 7) is 0. The van der Waals surface area contributed by atoms with Gasteiger partial charge in [0, 0.05) is 0 Å². The molecule has 88 valence electrons. The Morgan fingerprint density at radius 1 is 1.44 bits per heavy atom. The lowest BCUT2D eigenvalue weighted by atomic mass is 10.1. The number of hydrogen-bond donors (Lipinski definition) is 0. The van der Waals surface area contributed by atoms with Gasteiger partial charge in [-0.1, -0.05) is 0 Å². The van der Waals surface area contributed by atoms with E-state index in [0.717, 1.165) is 13.2 Å². The average Bonchev–Trinajstić information content (AvgIpc) is 2.14. The molecule has 0 spiro atoms. The van der Waals surface area contributed by atoms with Crippen molar-refractivity contribution in [2.24, 2.45) is 0 Å². The molecule has 0 radical (unpaired) electrons. The third-order valence-electron chi connectivity index (χ3n) is 1.78. The van der Waals surface area contributed by atoms with Crippen molar-refractivity contribution in [3.8, 4) is 5.75 Å². The van der Waals surface area contributed by atoms with E-state index < -0.39 is 28.1 Å². The number of nitrogens with zero attached hydrogens (tertiary/aromatic N) is 1. The third kappa shape index (κ3) is 2.26. The van der Waals surface area contributed by atoms with Crippen molar-refractivity contribution in [3.63, 3.8) is 0 Å². The monoisotopic (exact) mass is 299 g/mol. The number of ether oxygens (including phenoxy) is 1. The van der Waals surface area contributed by atoms with Gasteiger partial charge in [-0.2, -0.15) is 13.2 Å². The summed E-state index contributed by atoms with van der Waals surface area (Å²) in [6, 6.07) is 1.68. The zero-order chi connectivity index (χ0) is 12.5. The fourth-order valence-electron chi connectivity index (χ4n) is 1.15. The molecule has 0 fully saturated rings. The maximum atomic E-state index is 12.5. The molecule has 0 aromatic heterocycles. The number of benzene rings is 1. The van der Waals surface area contributed by atoms with Crippen molar-refractivity contribution in [1.82, 2.24) is 0 Å². The molecular weight excluding hydrogens is 295 g/mol. The predicted molar refractivity (Wildman–Crippen MR) is 52.4 cm³/mol. The van der Waals surface area contributed by atoms with Crippen molar-refractivity contribution >= 4 is 21.6 Å². The lowest BCUT2D eigenvalue weighted by Crippen LogP contribution is -2.10. The van der Waals surface area contributed by atoms with E-state index in [1.807, 2.05) is 0 Å². The molecule has 0 saturated carbocycles. The second-order valence-corrected chi connectivity index (χ2v) is 3.59. The Hall–Kier alpha value is -1.31. The van der Waals surface area contributed by atoms with Gasteiger partial charge in [0.15, 0.2) is 0 Å². The molecule has 0 aliphatic heterocycles. The van der Waals surface area contributed by atoms with E-state index in [1.54, 1.807) is 0 Å². The average molecular weight is 300 g/mol. The largest absolute Gasteiger partial charge is 0.489 e. The van der Waals surface area contributed by atoms with Crippen molar-refractivity contribution in [1.29, 1.82) is 0 Å². The van der Waals surface area contributed by atoms with Crippen LogP contribution in [0.3, 0.4) is 0 Å². The summed E-state index contributed by atoms with van der Waals surface area (Å²) in [5.74, 6) is -0.445. The minimum atomic E-state index is -4.80. The fourth-order valence-corrected chi connectivity index (χ4v) is 1.63. The van der Waals surface area contributed by atoms with E-state index in [2.05, 4.69) is 20.7 Å². The van der Waals surface area contributed by atoms with Gasteiger partial charge < -0.3 is 4.74 Å². The summed E-state index contributed by atoms with van der Waals surface area (Å²) < 4.78 is 42.1. The number of hydrogen-bond acceptors (Lipinski definition) is 3. The molecule has 0 atom stereocenters. The van der Waals surface area contributed by atoms with Crippen LogP contribution < -0.4 is 4.74 Å². The van der Waals surface area contributed by atoms with Crippen molar-refractivity contribution < 1.29 is 22.8 Å². The highest BCUT2D eigenvalue weighted by molar-refractivity contribution is 9.10. The van der Waals surface area contributed by atoms with Gasteiger partial charge in [0.05, 0.1) is 16.5 Å². The van der Waals surface area contributed by atoms with Crippen molar-refractivity contribution in [3.05, 3.63) is 32.3 Å². The van der Waals surface area contributed by atoms with Gasteiger partial charge in [-0.15, -0.1) is 0 Å². The van der Waals surface area contributed by atoms with Crippen LogP contribution in [-0.2, 0) is 6.18 Å². The van der Waals surface area contributed by atoms with Crippen LogP contribution >= 0.6 is 15.9 Å². The van der Waals surface area contributed by atoms with Gasteiger partial charge >= 0.3 is 11.9 Å². The molecule has 0 N–H and O–H groups in total. The number of methoxy groups -OCH3 is 1. The van der Waals surface area contributed by atoms with Crippen LogP contribution in [0, 0.1) is 10.1 Å². The first-order chi connectivity index (χ1) is 7.29.